The minimum absolute atomic E-state index is 0.0394. The van der Waals surface area contributed by atoms with Gasteiger partial charge >= 0.3 is 0 Å². The molecule has 1 aromatic heterocycles. The van der Waals surface area contributed by atoms with E-state index in [0.29, 0.717) is 12.1 Å². The first kappa shape index (κ1) is 12.2. The second kappa shape index (κ2) is 5.85. The summed E-state index contributed by atoms with van der Waals surface area (Å²) in [4.78, 5) is 17.8. The monoisotopic (exact) mass is 270 g/mol. The molecule has 0 aliphatic rings. The van der Waals surface area contributed by atoms with Crippen LogP contribution in [0.1, 0.15) is 24.2 Å². The molecule has 1 amide bonds. The van der Waals surface area contributed by atoms with E-state index in [9.17, 15) is 4.79 Å². The van der Waals surface area contributed by atoms with Gasteiger partial charge in [0.25, 0.3) is 5.91 Å². The van der Waals surface area contributed by atoms with Crippen molar-refractivity contribution in [2.75, 3.05) is 11.9 Å². The van der Waals surface area contributed by atoms with E-state index < -0.39 is 0 Å². The molecule has 1 heterocycles. The van der Waals surface area contributed by atoms with Crippen molar-refractivity contribution in [1.29, 1.82) is 0 Å². The van der Waals surface area contributed by atoms with Crippen LogP contribution in [0, 0.1) is 0 Å². The predicted octanol–water partition coefficient (Wildman–Crippen LogP) is 2.33. The van der Waals surface area contributed by atoms with Crippen LogP contribution in [0.15, 0.2) is 24.5 Å². The summed E-state index contributed by atoms with van der Waals surface area (Å²) in [5, 5.41) is 0.789. The highest BCUT2D eigenvalue weighted by molar-refractivity contribution is 9.09. The second-order valence-electron chi connectivity index (χ2n) is 3.52. The smallest absolute Gasteiger partial charge is 0.255 e. The van der Waals surface area contributed by atoms with Gasteiger partial charge in [0.1, 0.15) is 0 Å². The number of pyridine rings is 1. The Morgan fingerprint density at radius 3 is 2.80 bits per heavy atom. The molecular formula is C11H15BrN2O. The molecule has 0 saturated heterocycles. The van der Waals surface area contributed by atoms with Crippen molar-refractivity contribution < 1.29 is 4.79 Å². The average molecular weight is 271 g/mol. The van der Waals surface area contributed by atoms with E-state index in [4.69, 9.17) is 0 Å². The normalized spacial score (nSPS) is 10.4. The van der Waals surface area contributed by atoms with Crippen molar-refractivity contribution in [3.63, 3.8) is 0 Å². The van der Waals surface area contributed by atoms with Crippen molar-refractivity contribution in [3.8, 4) is 0 Å². The molecule has 0 aliphatic carbocycles. The van der Waals surface area contributed by atoms with Crippen LogP contribution in [0.5, 0.6) is 0 Å². The highest BCUT2D eigenvalue weighted by Gasteiger charge is 2.17. The van der Waals surface area contributed by atoms with Gasteiger partial charge in [-0.25, -0.2) is 0 Å². The van der Waals surface area contributed by atoms with Crippen LogP contribution in [0.3, 0.4) is 0 Å². The van der Waals surface area contributed by atoms with E-state index in [1.165, 1.54) is 0 Å². The first-order valence-electron chi connectivity index (χ1n) is 4.93. The topological polar surface area (TPSA) is 33.2 Å². The van der Waals surface area contributed by atoms with Crippen molar-refractivity contribution >= 4 is 21.8 Å². The minimum Gasteiger partial charge on any atom is -0.335 e. The number of amides is 1. The molecule has 0 saturated carbocycles. The van der Waals surface area contributed by atoms with Gasteiger partial charge in [-0.05, 0) is 26.0 Å². The Bertz CT molecular complexity index is 314. The molecule has 0 aromatic carbocycles. The van der Waals surface area contributed by atoms with Crippen LogP contribution in [0.4, 0.5) is 0 Å². The third-order valence-corrected chi connectivity index (χ3v) is 2.47. The number of rotatable bonds is 4. The fraction of sp³-hybridized carbons (Fsp3) is 0.455. The molecule has 0 fully saturated rings. The van der Waals surface area contributed by atoms with Gasteiger partial charge in [-0.2, -0.15) is 0 Å². The fourth-order valence-electron chi connectivity index (χ4n) is 1.34. The summed E-state index contributed by atoms with van der Waals surface area (Å²) in [5.74, 6) is 0.0394. The van der Waals surface area contributed by atoms with Gasteiger partial charge in [0.2, 0.25) is 0 Å². The average Bonchev–Trinajstić information content (AvgIpc) is 2.26. The summed E-state index contributed by atoms with van der Waals surface area (Å²) >= 11 is 3.35. The second-order valence-corrected chi connectivity index (χ2v) is 4.32. The molecule has 3 nitrogen and oxygen atoms in total. The van der Waals surface area contributed by atoms with Crippen LogP contribution in [-0.2, 0) is 0 Å². The van der Waals surface area contributed by atoms with Gasteiger partial charge in [0, 0.05) is 30.3 Å². The maximum absolute atomic E-state index is 12.0. The number of halogens is 1. The number of hydrogen-bond donors (Lipinski definition) is 0. The SMILES string of the molecule is CC(C)N(CCBr)C(=O)c1cccnc1. The Balaban J connectivity index is 2.81. The maximum Gasteiger partial charge on any atom is 0.255 e. The molecule has 0 atom stereocenters. The third kappa shape index (κ3) is 3.30. The Labute approximate surface area is 98.6 Å². The molecule has 0 aliphatic heterocycles. The van der Waals surface area contributed by atoms with Crippen LogP contribution in [0.25, 0.3) is 0 Å². The van der Waals surface area contributed by atoms with E-state index in [0.717, 1.165) is 5.33 Å². The number of alkyl halides is 1. The van der Waals surface area contributed by atoms with Crippen LogP contribution < -0.4 is 0 Å². The van der Waals surface area contributed by atoms with Crippen LogP contribution >= 0.6 is 15.9 Å². The van der Waals surface area contributed by atoms with Crippen LogP contribution in [0.2, 0.25) is 0 Å². The predicted molar refractivity (Wildman–Crippen MR) is 64.2 cm³/mol. The standard InChI is InChI=1S/C11H15BrN2O/c1-9(2)14(7-5-12)11(15)10-4-3-6-13-8-10/h3-4,6,8-9H,5,7H2,1-2H3. The largest absolute Gasteiger partial charge is 0.335 e. The molecule has 0 N–H and O–H groups in total. The molecule has 82 valence electrons. The summed E-state index contributed by atoms with van der Waals surface area (Å²) in [6.45, 7) is 4.74. The lowest BCUT2D eigenvalue weighted by molar-refractivity contribution is 0.0719. The Hall–Kier alpha value is -0.900. The van der Waals surface area contributed by atoms with Gasteiger partial charge in [0.15, 0.2) is 0 Å². The zero-order valence-electron chi connectivity index (χ0n) is 8.98. The van der Waals surface area contributed by atoms with Gasteiger partial charge < -0.3 is 4.90 Å². The van der Waals surface area contributed by atoms with Gasteiger partial charge in [0.05, 0.1) is 5.56 Å². The quantitative estimate of drug-likeness (QED) is 0.787. The van der Waals surface area contributed by atoms with Gasteiger partial charge in [-0.3, -0.25) is 9.78 Å². The molecule has 1 aromatic rings. The molecule has 1 rings (SSSR count). The summed E-state index contributed by atoms with van der Waals surface area (Å²) < 4.78 is 0. The molecule has 0 radical (unpaired) electrons. The van der Waals surface area contributed by atoms with E-state index in [2.05, 4.69) is 20.9 Å². The number of carbonyl (C=O) groups excluding carboxylic acids is 1. The number of nitrogens with zero attached hydrogens (tertiary/aromatic N) is 2. The van der Waals surface area contributed by atoms with Crippen molar-refractivity contribution in [2.24, 2.45) is 0 Å². The lowest BCUT2D eigenvalue weighted by Gasteiger charge is -2.25. The molecule has 4 heteroatoms. The van der Waals surface area contributed by atoms with Crippen molar-refractivity contribution in [2.45, 2.75) is 19.9 Å². The lowest BCUT2D eigenvalue weighted by atomic mass is 10.2. The summed E-state index contributed by atoms with van der Waals surface area (Å²) in [5.41, 5.74) is 0.646. The minimum atomic E-state index is 0.0394. The third-order valence-electron chi connectivity index (χ3n) is 2.12. The van der Waals surface area contributed by atoms with Crippen LogP contribution in [-0.4, -0.2) is 33.7 Å². The van der Waals surface area contributed by atoms with Crippen molar-refractivity contribution in [1.82, 2.24) is 9.88 Å². The molecular weight excluding hydrogens is 256 g/mol. The van der Waals surface area contributed by atoms with Crippen molar-refractivity contribution in [3.05, 3.63) is 30.1 Å². The molecule has 0 unspecified atom stereocenters. The Kier molecular flexibility index (Phi) is 4.75. The van der Waals surface area contributed by atoms with E-state index >= 15 is 0 Å². The summed E-state index contributed by atoms with van der Waals surface area (Å²) in [6.07, 6.45) is 3.27. The van der Waals surface area contributed by atoms with Gasteiger partial charge in [-0.15, -0.1) is 0 Å². The zero-order valence-corrected chi connectivity index (χ0v) is 10.6. The summed E-state index contributed by atoms with van der Waals surface area (Å²) in [6, 6.07) is 3.77. The van der Waals surface area contributed by atoms with Gasteiger partial charge in [-0.1, -0.05) is 15.9 Å². The first-order chi connectivity index (χ1) is 7.16. The van der Waals surface area contributed by atoms with E-state index in [-0.39, 0.29) is 11.9 Å². The van der Waals surface area contributed by atoms with E-state index in [1.807, 2.05) is 18.7 Å². The number of carbonyl (C=O) groups is 1. The fourth-order valence-corrected chi connectivity index (χ4v) is 1.72. The lowest BCUT2D eigenvalue weighted by Crippen LogP contribution is -2.38. The number of aromatic nitrogens is 1. The molecule has 0 spiro atoms. The Morgan fingerprint density at radius 2 is 2.33 bits per heavy atom. The highest BCUT2D eigenvalue weighted by Crippen LogP contribution is 2.07. The first-order valence-corrected chi connectivity index (χ1v) is 6.06. The molecule has 0 bridgehead atoms. The number of hydrogen-bond acceptors (Lipinski definition) is 2. The maximum atomic E-state index is 12.0. The zero-order chi connectivity index (χ0) is 11.3. The highest BCUT2D eigenvalue weighted by atomic mass is 79.9. The molecule has 15 heavy (non-hydrogen) atoms. The summed E-state index contributed by atoms with van der Waals surface area (Å²) in [7, 11) is 0. The van der Waals surface area contributed by atoms with E-state index in [1.54, 1.807) is 24.5 Å². The Morgan fingerprint density at radius 1 is 1.60 bits per heavy atom.